The molecule has 1 aromatic rings. The van der Waals surface area contributed by atoms with Crippen LogP contribution >= 0.6 is 11.6 Å². The van der Waals surface area contributed by atoms with E-state index in [-0.39, 0.29) is 5.56 Å². The zero-order valence-electron chi connectivity index (χ0n) is 7.54. The van der Waals surface area contributed by atoms with E-state index in [1.54, 1.807) is 12.1 Å². The van der Waals surface area contributed by atoms with Crippen molar-refractivity contribution < 1.29 is 9.90 Å². The molecule has 0 aliphatic rings. The third-order valence-corrected chi connectivity index (χ3v) is 1.31. The largest absolute Gasteiger partial charge is 0.478 e. The van der Waals surface area contributed by atoms with E-state index in [0.29, 0.717) is 5.02 Å². The zero-order chi connectivity index (χ0) is 10.3. The maximum atomic E-state index is 10.3. The minimum atomic E-state index is -0.956. The summed E-state index contributed by atoms with van der Waals surface area (Å²) in [7, 11) is 3.75. The summed E-state index contributed by atoms with van der Waals surface area (Å²) >= 11 is 5.53. The molecule has 0 saturated carbocycles. The highest BCUT2D eigenvalue weighted by Gasteiger charge is 2.00. The Morgan fingerprint density at radius 3 is 2.31 bits per heavy atom. The minimum absolute atomic E-state index is 0.215. The number of nitrogens with one attached hydrogen (secondary N) is 1. The second kappa shape index (κ2) is 6.46. The van der Waals surface area contributed by atoms with Gasteiger partial charge in [0.15, 0.2) is 0 Å². The van der Waals surface area contributed by atoms with Crippen LogP contribution < -0.4 is 5.32 Å². The van der Waals surface area contributed by atoms with Crippen molar-refractivity contribution >= 4 is 17.6 Å². The van der Waals surface area contributed by atoms with Crippen LogP contribution in [0.25, 0.3) is 0 Å². The summed E-state index contributed by atoms with van der Waals surface area (Å²) < 4.78 is 0. The van der Waals surface area contributed by atoms with Crippen molar-refractivity contribution in [2.45, 2.75) is 0 Å². The Balaban J connectivity index is 0.000000424. The molecule has 0 bridgehead atoms. The van der Waals surface area contributed by atoms with Crippen LogP contribution in [0.2, 0.25) is 5.02 Å². The monoisotopic (exact) mass is 201 g/mol. The lowest BCUT2D eigenvalue weighted by atomic mass is 10.2. The Hall–Kier alpha value is -1.06. The van der Waals surface area contributed by atoms with Crippen molar-refractivity contribution in [1.29, 1.82) is 0 Å². The van der Waals surface area contributed by atoms with E-state index in [0.717, 1.165) is 0 Å². The maximum Gasteiger partial charge on any atom is 0.335 e. The maximum absolute atomic E-state index is 10.3. The molecule has 13 heavy (non-hydrogen) atoms. The third kappa shape index (κ3) is 5.22. The number of aromatic carboxylic acids is 1. The first-order chi connectivity index (χ1) is 6.11. The number of benzene rings is 1. The number of carboxylic acid groups (broad SMARTS) is 1. The fourth-order valence-corrected chi connectivity index (χ4v) is 0.812. The van der Waals surface area contributed by atoms with Gasteiger partial charge in [-0.1, -0.05) is 17.7 Å². The normalized spacial score (nSPS) is 8.54. The highest BCUT2D eigenvalue weighted by molar-refractivity contribution is 6.30. The molecule has 3 nitrogen and oxygen atoms in total. The molecule has 0 aliphatic carbocycles. The van der Waals surface area contributed by atoms with Crippen LogP contribution in [0.3, 0.4) is 0 Å². The van der Waals surface area contributed by atoms with Gasteiger partial charge in [0.1, 0.15) is 0 Å². The second-order valence-electron chi connectivity index (χ2n) is 2.32. The van der Waals surface area contributed by atoms with Gasteiger partial charge in [-0.15, -0.1) is 0 Å². The predicted molar refractivity (Wildman–Crippen MR) is 53.4 cm³/mol. The summed E-state index contributed by atoms with van der Waals surface area (Å²) in [6.45, 7) is 0. The van der Waals surface area contributed by atoms with Crippen LogP contribution in [0.15, 0.2) is 24.3 Å². The van der Waals surface area contributed by atoms with Gasteiger partial charge in [-0.3, -0.25) is 0 Å². The van der Waals surface area contributed by atoms with Gasteiger partial charge >= 0.3 is 5.97 Å². The van der Waals surface area contributed by atoms with Crippen molar-refractivity contribution in [3.63, 3.8) is 0 Å². The van der Waals surface area contributed by atoms with Crippen molar-refractivity contribution in [3.05, 3.63) is 34.9 Å². The van der Waals surface area contributed by atoms with E-state index in [1.807, 2.05) is 14.1 Å². The topological polar surface area (TPSA) is 49.3 Å². The molecule has 0 fully saturated rings. The van der Waals surface area contributed by atoms with Gasteiger partial charge in [0.05, 0.1) is 5.56 Å². The van der Waals surface area contributed by atoms with Crippen molar-refractivity contribution in [1.82, 2.24) is 5.32 Å². The molecule has 0 aromatic heterocycles. The van der Waals surface area contributed by atoms with Crippen molar-refractivity contribution in [3.8, 4) is 0 Å². The quantitative estimate of drug-likeness (QED) is 0.730. The molecule has 2 N–H and O–H groups in total. The molecule has 0 atom stereocenters. The first-order valence-corrected chi connectivity index (χ1v) is 4.07. The molecule has 0 saturated heterocycles. The molecule has 1 rings (SSSR count). The molecule has 0 spiro atoms. The van der Waals surface area contributed by atoms with E-state index in [4.69, 9.17) is 16.7 Å². The van der Waals surface area contributed by atoms with Crippen LogP contribution in [0.4, 0.5) is 0 Å². The Kier molecular flexibility index (Phi) is 5.93. The molecule has 0 aliphatic heterocycles. The highest BCUT2D eigenvalue weighted by atomic mass is 35.5. The second-order valence-corrected chi connectivity index (χ2v) is 2.75. The van der Waals surface area contributed by atoms with Gasteiger partial charge in [0, 0.05) is 5.02 Å². The van der Waals surface area contributed by atoms with Crippen molar-refractivity contribution in [2.75, 3.05) is 14.1 Å². The summed E-state index contributed by atoms with van der Waals surface area (Å²) in [6, 6.07) is 6.14. The lowest BCUT2D eigenvalue weighted by Gasteiger charge is -1.92. The van der Waals surface area contributed by atoms with Crippen molar-refractivity contribution in [2.24, 2.45) is 0 Å². The van der Waals surface area contributed by atoms with E-state index in [1.165, 1.54) is 12.1 Å². The first-order valence-electron chi connectivity index (χ1n) is 3.69. The number of hydrogen-bond donors (Lipinski definition) is 2. The summed E-state index contributed by atoms with van der Waals surface area (Å²) in [5.74, 6) is -0.956. The standard InChI is InChI=1S/C7H5ClO2.C2H7N/c8-6-3-1-2-5(4-6)7(9)10;1-3-2/h1-4H,(H,9,10);3H,1-2H3. The van der Waals surface area contributed by atoms with Gasteiger partial charge < -0.3 is 10.4 Å². The minimum Gasteiger partial charge on any atom is -0.478 e. The van der Waals surface area contributed by atoms with Gasteiger partial charge in [-0.2, -0.15) is 0 Å². The highest BCUT2D eigenvalue weighted by Crippen LogP contribution is 2.09. The fraction of sp³-hybridized carbons (Fsp3) is 0.222. The Labute approximate surface area is 82.3 Å². The summed E-state index contributed by atoms with van der Waals surface area (Å²) in [5.41, 5.74) is 0.215. The van der Waals surface area contributed by atoms with E-state index >= 15 is 0 Å². The average molecular weight is 202 g/mol. The SMILES string of the molecule is CNC.O=C(O)c1cccc(Cl)c1. The average Bonchev–Trinajstić information content (AvgIpc) is 2.05. The first kappa shape index (κ1) is 11.9. The lowest BCUT2D eigenvalue weighted by molar-refractivity contribution is 0.0697. The van der Waals surface area contributed by atoms with Crippen LogP contribution in [0, 0.1) is 0 Å². The van der Waals surface area contributed by atoms with Crippen LogP contribution in [-0.4, -0.2) is 25.2 Å². The molecular weight excluding hydrogens is 190 g/mol. The summed E-state index contributed by atoms with van der Waals surface area (Å²) in [6.07, 6.45) is 0. The molecule has 0 radical (unpaired) electrons. The lowest BCUT2D eigenvalue weighted by Crippen LogP contribution is -1.94. The van der Waals surface area contributed by atoms with Crippen LogP contribution in [0.5, 0.6) is 0 Å². The molecule has 4 heteroatoms. The summed E-state index contributed by atoms with van der Waals surface area (Å²) in [5, 5.41) is 11.6. The fourth-order valence-electron chi connectivity index (χ4n) is 0.622. The van der Waals surface area contributed by atoms with E-state index in [9.17, 15) is 4.79 Å². The molecule has 0 amide bonds. The zero-order valence-corrected chi connectivity index (χ0v) is 8.30. The van der Waals surface area contributed by atoms with Gasteiger partial charge in [0.2, 0.25) is 0 Å². The van der Waals surface area contributed by atoms with Gasteiger partial charge in [-0.05, 0) is 32.3 Å². The molecule has 0 unspecified atom stereocenters. The number of halogens is 1. The molecular formula is C9H12ClNO2. The molecule has 72 valence electrons. The number of hydrogen-bond acceptors (Lipinski definition) is 2. The van der Waals surface area contributed by atoms with Gasteiger partial charge in [-0.25, -0.2) is 4.79 Å². The smallest absolute Gasteiger partial charge is 0.335 e. The number of carboxylic acids is 1. The van der Waals surface area contributed by atoms with Gasteiger partial charge in [0.25, 0.3) is 0 Å². The van der Waals surface area contributed by atoms with Crippen LogP contribution in [0.1, 0.15) is 10.4 Å². The number of rotatable bonds is 1. The number of carbonyl (C=O) groups is 1. The van der Waals surface area contributed by atoms with E-state index < -0.39 is 5.97 Å². The Morgan fingerprint density at radius 1 is 1.46 bits per heavy atom. The molecule has 1 aromatic carbocycles. The third-order valence-electron chi connectivity index (χ3n) is 1.07. The van der Waals surface area contributed by atoms with E-state index in [2.05, 4.69) is 5.32 Å². The predicted octanol–water partition coefficient (Wildman–Crippen LogP) is 1.87. The van der Waals surface area contributed by atoms with Crippen LogP contribution in [-0.2, 0) is 0 Å². The molecule has 0 heterocycles. The Morgan fingerprint density at radius 2 is 2.00 bits per heavy atom. The summed E-state index contributed by atoms with van der Waals surface area (Å²) in [4.78, 5) is 10.3. The Bertz CT molecular complexity index is 276.